The molecule has 2 heterocycles. The number of nitrogens with zero attached hydrogens (tertiary/aromatic N) is 3. The summed E-state index contributed by atoms with van der Waals surface area (Å²) in [5.74, 6) is 6.37. The lowest BCUT2D eigenvalue weighted by Crippen LogP contribution is -2.26. The van der Waals surface area contributed by atoms with E-state index in [2.05, 4.69) is 28.4 Å². The summed E-state index contributed by atoms with van der Waals surface area (Å²) in [7, 11) is 1.52. The Morgan fingerprint density at radius 2 is 2.18 bits per heavy atom. The average molecular weight is 446 g/mol. The van der Waals surface area contributed by atoms with Crippen LogP contribution in [-0.2, 0) is 11.3 Å². The summed E-state index contributed by atoms with van der Waals surface area (Å²) < 4.78 is 5.52. The Balaban J connectivity index is 2.04. The quantitative estimate of drug-likeness (QED) is 0.519. The normalized spacial score (nSPS) is 13.6. The summed E-state index contributed by atoms with van der Waals surface area (Å²) in [6.45, 7) is 6.71. The molecule has 8 nitrogen and oxygen atoms in total. The number of hydroxylamine groups is 2. The lowest BCUT2D eigenvalue weighted by atomic mass is 10.0. The second-order valence-corrected chi connectivity index (χ2v) is 7.19. The number of methoxy groups -OCH3 is 1. The maximum Gasteiger partial charge on any atom is 0.281 e. The van der Waals surface area contributed by atoms with Crippen molar-refractivity contribution >= 4 is 5.91 Å². The van der Waals surface area contributed by atoms with Crippen molar-refractivity contribution in [1.29, 1.82) is 0 Å². The van der Waals surface area contributed by atoms with E-state index < -0.39 is 0 Å². The van der Waals surface area contributed by atoms with E-state index in [1.807, 2.05) is 13.0 Å². The molecule has 0 saturated carbocycles. The smallest absolute Gasteiger partial charge is 0.281 e. The molecule has 1 aliphatic rings. The summed E-state index contributed by atoms with van der Waals surface area (Å²) in [5.41, 5.74) is 15.5. The molecule has 0 unspecified atom stereocenters. The first-order chi connectivity index (χ1) is 16.0. The third-order valence-electron chi connectivity index (χ3n) is 4.93. The van der Waals surface area contributed by atoms with Gasteiger partial charge in [-0.05, 0) is 37.1 Å². The fourth-order valence-electron chi connectivity index (χ4n) is 3.27. The van der Waals surface area contributed by atoms with Crippen LogP contribution in [0.4, 0.5) is 0 Å². The van der Waals surface area contributed by atoms with Crippen molar-refractivity contribution in [3.8, 4) is 28.8 Å². The highest BCUT2D eigenvalue weighted by Crippen LogP contribution is 2.30. The summed E-state index contributed by atoms with van der Waals surface area (Å²) in [6, 6.07) is 5.30. The molecule has 1 aliphatic heterocycles. The second kappa shape index (κ2) is 11.0. The van der Waals surface area contributed by atoms with Gasteiger partial charge in [0.2, 0.25) is 0 Å². The van der Waals surface area contributed by atoms with Crippen LogP contribution in [0, 0.1) is 11.8 Å². The van der Waals surface area contributed by atoms with Crippen molar-refractivity contribution in [3.05, 3.63) is 77.5 Å². The number of aryl methyl sites for hydroxylation is 1. The number of hydrogen-bond acceptors (Lipinski definition) is 7. The van der Waals surface area contributed by atoms with Gasteiger partial charge in [-0.1, -0.05) is 31.4 Å². The van der Waals surface area contributed by atoms with Gasteiger partial charge in [-0.3, -0.25) is 9.63 Å². The number of carbonyl (C=O) groups excluding carboxylic acids is 1. The number of rotatable bonds is 6. The number of allylic oxidation sites excluding steroid dienone is 3. The van der Waals surface area contributed by atoms with Gasteiger partial charge in [0.25, 0.3) is 5.91 Å². The van der Waals surface area contributed by atoms with Crippen LogP contribution in [0.2, 0.25) is 0 Å². The van der Waals surface area contributed by atoms with Crippen LogP contribution in [-0.4, -0.2) is 41.2 Å². The Labute approximate surface area is 193 Å². The van der Waals surface area contributed by atoms with Crippen molar-refractivity contribution in [1.82, 2.24) is 15.0 Å². The molecule has 2 aromatic rings. The number of benzene rings is 1. The first kappa shape index (κ1) is 23.6. The highest BCUT2D eigenvalue weighted by Gasteiger charge is 2.24. The molecule has 3 rings (SSSR count). The highest BCUT2D eigenvalue weighted by atomic mass is 16.7. The Morgan fingerprint density at radius 3 is 2.82 bits per heavy atom. The predicted molar refractivity (Wildman–Crippen MR) is 127 cm³/mol. The first-order valence-corrected chi connectivity index (χ1v) is 10.5. The van der Waals surface area contributed by atoms with Crippen LogP contribution in [0.1, 0.15) is 35.0 Å². The summed E-state index contributed by atoms with van der Waals surface area (Å²) in [6.07, 6.45) is 7.68. The molecule has 4 N–H and O–H groups in total. The van der Waals surface area contributed by atoms with Gasteiger partial charge in [-0.25, -0.2) is 15.0 Å². The second-order valence-electron chi connectivity index (χ2n) is 7.19. The number of aromatic nitrogens is 2. The minimum atomic E-state index is -0.237. The molecule has 0 spiro atoms. The highest BCUT2D eigenvalue weighted by molar-refractivity contribution is 5.97. The van der Waals surface area contributed by atoms with Gasteiger partial charge in [0.05, 0.1) is 42.8 Å². The Hall–Kier alpha value is -4.09. The van der Waals surface area contributed by atoms with E-state index in [1.165, 1.54) is 24.7 Å². The molecular formula is C25H27N5O3. The molecule has 170 valence electrons. The number of nitrogens with two attached hydrogens (primary N) is 2. The molecule has 33 heavy (non-hydrogen) atoms. The van der Waals surface area contributed by atoms with Gasteiger partial charge in [0.1, 0.15) is 12.1 Å². The molecule has 1 amide bonds. The lowest BCUT2D eigenvalue weighted by Gasteiger charge is -2.17. The SMILES string of the molecule is C=C(N)/C=C\C(C#Cc1c(CC)ncnc1-c1ccc(C(=O)N2CCCO2)c(OC)c1)=C/N. The van der Waals surface area contributed by atoms with Crippen molar-refractivity contribution < 1.29 is 14.4 Å². The maximum atomic E-state index is 12.8. The standard InChI is InChI=1S/C25H27N5O3/c1-4-22-20(10-8-18(15-26)7-6-17(2)27)24(29-16-28-22)19-9-11-21(23(14-19)32-3)25(31)30-12-5-13-33-30/h6-7,9,11,14-16H,2,4-5,12-13,26-27H2,1,3H3/b7-6-,18-15+. The maximum absolute atomic E-state index is 12.8. The summed E-state index contributed by atoms with van der Waals surface area (Å²) in [4.78, 5) is 27.0. The van der Waals surface area contributed by atoms with Crippen LogP contribution >= 0.6 is 0 Å². The minimum absolute atomic E-state index is 0.237. The van der Waals surface area contributed by atoms with Crippen molar-refractivity contribution in [3.63, 3.8) is 0 Å². The molecule has 0 aliphatic carbocycles. The average Bonchev–Trinajstić information content (AvgIpc) is 3.38. The molecule has 0 bridgehead atoms. The number of ether oxygens (including phenoxy) is 1. The third-order valence-corrected chi connectivity index (χ3v) is 4.93. The minimum Gasteiger partial charge on any atom is -0.496 e. The van der Waals surface area contributed by atoms with Crippen LogP contribution in [0.5, 0.6) is 5.75 Å². The zero-order valence-electron chi connectivity index (χ0n) is 18.8. The lowest BCUT2D eigenvalue weighted by molar-refractivity contribution is -0.0769. The molecule has 0 atom stereocenters. The molecule has 1 fully saturated rings. The molecule has 8 heteroatoms. The van der Waals surface area contributed by atoms with Gasteiger partial charge in [0.15, 0.2) is 0 Å². The third kappa shape index (κ3) is 5.59. The number of amides is 1. The van der Waals surface area contributed by atoms with E-state index in [0.29, 0.717) is 53.4 Å². The van der Waals surface area contributed by atoms with E-state index in [9.17, 15) is 4.79 Å². The van der Waals surface area contributed by atoms with Crippen LogP contribution in [0.25, 0.3) is 11.3 Å². The monoisotopic (exact) mass is 445 g/mol. The van der Waals surface area contributed by atoms with E-state index in [0.717, 1.165) is 17.7 Å². The van der Waals surface area contributed by atoms with E-state index in [1.54, 1.807) is 24.3 Å². The Bertz CT molecular complexity index is 1170. The first-order valence-electron chi connectivity index (χ1n) is 10.5. The van der Waals surface area contributed by atoms with E-state index >= 15 is 0 Å². The van der Waals surface area contributed by atoms with Crippen LogP contribution < -0.4 is 16.2 Å². The summed E-state index contributed by atoms with van der Waals surface area (Å²) >= 11 is 0. The largest absolute Gasteiger partial charge is 0.496 e. The molecular weight excluding hydrogens is 418 g/mol. The van der Waals surface area contributed by atoms with Gasteiger partial charge < -0.3 is 16.2 Å². The van der Waals surface area contributed by atoms with Gasteiger partial charge in [0, 0.05) is 23.0 Å². The topological polar surface area (TPSA) is 117 Å². The van der Waals surface area contributed by atoms with Crippen molar-refractivity contribution in [2.24, 2.45) is 11.5 Å². The number of carbonyl (C=O) groups is 1. The molecule has 1 aromatic carbocycles. The zero-order valence-corrected chi connectivity index (χ0v) is 18.8. The van der Waals surface area contributed by atoms with Gasteiger partial charge >= 0.3 is 0 Å². The van der Waals surface area contributed by atoms with Gasteiger partial charge in [-0.15, -0.1) is 0 Å². The summed E-state index contributed by atoms with van der Waals surface area (Å²) in [5, 5.41) is 1.36. The zero-order chi connectivity index (χ0) is 23.8. The Morgan fingerprint density at radius 1 is 1.36 bits per heavy atom. The fourth-order valence-corrected chi connectivity index (χ4v) is 3.27. The van der Waals surface area contributed by atoms with Crippen molar-refractivity contribution in [2.45, 2.75) is 19.8 Å². The molecule has 1 saturated heterocycles. The molecule has 1 aromatic heterocycles. The van der Waals surface area contributed by atoms with Gasteiger partial charge in [-0.2, -0.15) is 0 Å². The van der Waals surface area contributed by atoms with Crippen LogP contribution in [0.3, 0.4) is 0 Å². The van der Waals surface area contributed by atoms with Crippen LogP contribution in [0.15, 0.2) is 60.7 Å². The predicted octanol–water partition coefficient (Wildman–Crippen LogP) is 2.71. The van der Waals surface area contributed by atoms with Crippen molar-refractivity contribution in [2.75, 3.05) is 20.3 Å². The fraction of sp³-hybridized carbons (Fsp3) is 0.240. The Kier molecular flexibility index (Phi) is 7.84. The number of hydrogen-bond donors (Lipinski definition) is 2. The molecule has 0 radical (unpaired) electrons. The van der Waals surface area contributed by atoms with E-state index in [4.69, 9.17) is 21.0 Å². The van der Waals surface area contributed by atoms with E-state index in [-0.39, 0.29) is 5.91 Å².